The Morgan fingerprint density at radius 1 is 1.21 bits per heavy atom. The van der Waals surface area contributed by atoms with Gasteiger partial charge >= 0.3 is 0 Å². The highest BCUT2D eigenvalue weighted by molar-refractivity contribution is 5.91. The van der Waals surface area contributed by atoms with E-state index in [9.17, 15) is 9.59 Å². The summed E-state index contributed by atoms with van der Waals surface area (Å²) in [6, 6.07) is 9.73. The van der Waals surface area contributed by atoms with Gasteiger partial charge in [0.15, 0.2) is 0 Å². The minimum atomic E-state index is -0.554. The van der Waals surface area contributed by atoms with E-state index < -0.39 is 11.3 Å². The van der Waals surface area contributed by atoms with E-state index in [4.69, 9.17) is 5.73 Å². The van der Waals surface area contributed by atoms with E-state index in [2.05, 4.69) is 10.6 Å². The normalized spacial score (nSPS) is 17.7. The Morgan fingerprint density at radius 2 is 1.84 bits per heavy atom. The number of hydrogen-bond donors (Lipinski definition) is 3. The summed E-state index contributed by atoms with van der Waals surface area (Å²) < 4.78 is 0. The zero-order valence-electron chi connectivity index (χ0n) is 10.8. The Morgan fingerprint density at radius 3 is 2.42 bits per heavy atom. The van der Waals surface area contributed by atoms with Crippen molar-refractivity contribution in [2.24, 2.45) is 5.73 Å². The van der Waals surface area contributed by atoms with Crippen LogP contribution in [0.3, 0.4) is 0 Å². The molecule has 0 atom stereocenters. The topological polar surface area (TPSA) is 84.2 Å². The molecule has 1 aliphatic rings. The summed E-state index contributed by atoms with van der Waals surface area (Å²) in [4.78, 5) is 23.3. The highest BCUT2D eigenvalue weighted by Crippen LogP contribution is 2.33. The number of carbonyl (C=O) groups excluding carboxylic acids is 2. The van der Waals surface area contributed by atoms with Crippen molar-refractivity contribution in [2.75, 3.05) is 19.6 Å². The van der Waals surface area contributed by atoms with Gasteiger partial charge < -0.3 is 16.4 Å². The number of nitrogens with one attached hydrogen (secondary N) is 2. The second-order valence-corrected chi connectivity index (χ2v) is 4.85. The van der Waals surface area contributed by atoms with Crippen LogP contribution in [0, 0.1) is 0 Å². The molecule has 0 radical (unpaired) electrons. The molecule has 0 unspecified atom stereocenters. The standard InChI is InChI=1S/C14H19N3O2/c15-12(18)10-17-13(19)14(6-8-16-9-7-14)11-4-2-1-3-5-11/h1-5,16H,6-10H2,(H2,15,18)(H,17,19). The van der Waals surface area contributed by atoms with Crippen LogP contribution in [0.4, 0.5) is 0 Å². The van der Waals surface area contributed by atoms with Gasteiger partial charge in [0.05, 0.1) is 12.0 Å². The minimum Gasteiger partial charge on any atom is -0.368 e. The van der Waals surface area contributed by atoms with Gasteiger partial charge in [-0.25, -0.2) is 0 Å². The van der Waals surface area contributed by atoms with Crippen molar-refractivity contribution in [2.45, 2.75) is 18.3 Å². The first-order valence-corrected chi connectivity index (χ1v) is 6.48. The molecule has 4 N–H and O–H groups in total. The van der Waals surface area contributed by atoms with Crippen LogP contribution in [-0.4, -0.2) is 31.4 Å². The minimum absolute atomic E-state index is 0.110. The molecule has 102 valence electrons. The maximum atomic E-state index is 12.5. The molecule has 2 rings (SSSR count). The van der Waals surface area contributed by atoms with Crippen molar-refractivity contribution in [1.29, 1.82) is 0 Å². The first kappa shape index (κ1) is 13.5. The van der Waals surface area contributed by atoms with E-state index >= 15 is 0 Å². The average molecular weight is 261 g/mol. The van der Waals surface area contributed by atoms with Crippen LogP contribution in [0.1, 0.15) is 18.4 Å². The number of rotatable bonds is 4. The summed E-state index contributed by atoms with van der Waals surface area (Å²) in [5.74, 6) is -0.635. The fourth-order valence-corrected chi connectivity index (χ4v) is 2.59. The third-order valence-electron chi connectivity index (χ3n) is 3.64. The van der Waals surface area contributed by atoms with Gasteiger partial charge in [-0.3, -0.25) is 9.59 Å². The number of carbonyl (C=O) groups is 2. The van der Waals surface area contributed by atoms with Crippen LogP contribution in [0.15, 0.2) is 30.3 Å². The first-order chi connectivity index (χ1) is 9.15. The molecule has 1 aromatic carbocycles. The smallest absolute Gasteiger partial charge is 0.236 e. The zero-order chi connectivity index (χ0) is 13.7. The van der Waals surface area contributed by atoms with Crippen molar-refractivity contribution < 1.29 is 9.59 Å². The summed E-state index contributed by atoms with van der Waals surface area (Å²) in [6.07, 6.45) is 1.45. The van der Waals surface area contributed by atoms with Gasteiger partial charge in [0.1, 0.15) is 0 Å². The second kappa shape index (κ2) is 5.84. The fourth-order valence-electron chi connectivity index (χ4n) is 2.59. The van der Waals surface area contributed by atoms with Crippen molar-refractivity contribution in [3.8, 4) is 0 Å². The van der Waals surface area contributed by atoms with Gasteiger partial charge in [0.25, 0.3) is 0 Å². The molecule has 0 aliphatic carbocycles. The number of amides is 2. The molecule has 1 fully saturated rings. The molecule has 0 saturated carbocycles. The summed E-state index contributed by atoms with van der Waals surface area (Å²) in [7, 11) is 0. The number of piperidine rings is 1. The van der Waals surface area contributed by atoms with Crippen LogP contribution in [0.5, 0.6) is 0 Å². The molecule has 2 amide bonds. The summed E-state index contributed by atoms with van der Waals surface area (Å²) in [5.41, 5.74) is 5.53. The third-order valence-corrected chi connectivity index (χ3v) is 3.64. The lowest BCUT2D eigenvalue weighted by atomic mass is 9.72. The molecule has 1 saturated heterocycles. The summed E-state index contributed by atoms with van der Waals surface area (Å²) in [5, 5.41) is 5.91. The van der Waals surface area contributed by atoms with E-state index in [1.807, 2.05) is 30.3 Å². The van der Waals surface area contributed by atoms with Gasteiger partial charge in [0, 0.05) is 0 Å². The lowest BCUT2D eigenvalue weighted by Crippen LogP contribution is -2.52. The predicted molar refractivity (Wildman–Crippen MR) is 72.4 cm³/mol. The number of nitrogens with two attached hydrogens (primary N) is 1. The van der Waals surface area contributed by atoms with E-state index in [0.29, 0.717) is 0 Å². The Hall–Kier alpha value is -1.88. The monoisotopic (exact) mass is 261 g/mol. The molecule has 1 aliphatic heterocycles. The van der Waals surface area contributed by atoms with E-state index in [0.717, 1.165) is 31.5 Å². The number of benzene rings is 1. The molecule has 0 spiro atoms. The molecule has 5 nitrogen and oxygen atoms in total. The molecular weight excluding hydrogens is 242 g/mol. The fraction of sp³-hybridized carbons (Fsp3) is 0.429. The van der Waals surface area contributed by atoms with Gasteiger partial charge in [0.2, 0.25) is 11.8 Å². The van der Waals surface area contributed by atoms with Crippen LogP contribution in [0.2, 0.25) is 0 Å². The molecule has 19 heavy (non-hydrogen) atoms. The van der Waals surface area contributed by atoms with Crippen molar-refractivity contribution in [3.63, 3.8) is 0 Å². The Bertz CT molecular complexity index is 453. The zero-order valence-corrected chi connectivity index (χ0v) is 10.8. The molecule has 1 aromatic rings. The highest BCUT2D eigenvalue weighted by Gasteiger charge is 2.40. The van der Waals surface area contributed by atoms with Crippen LogP contribution in [-0.2, 0) is 15.0 Å². The summed E-state index contributed by atoms with van der Waals surface area (Å²) >= 11 is 0. The third kappa shape index (κ3) is 2.93. The van der Waals surface area contributed by atoms with E-state index in [1.165, 1.54) is 0 Å². The maximum Gasteiger partial charge on any atom is 0.236 e. The lowest BCUT2D eigenvalue weighted by molar-refractivity contribution is -0.130. The SMILES string of the molecule is NC(=O)CNC(=O)C1(c2ccccc2)CCNCC1. The van der Waals surface area contributed by atoms with Crippen molar-refractivity contribution >= 4 is 11.8 Å². The maximum absolute atomic E-state index is 12.5. The van der Waals surface area contributed by atoms with Crippen LogP contribution < -0.4 is 16.4 Å². The predicted octanol–water partition coefficient (Wildman–Crippen LogP) is -0.0907. The summed E-state index contributed by atoms with van der Waals surface area (Å²) in [6.45, 7) is 1.47. The van der Waals surface area contributed by atoms with Crippen molar-refractivity contribution in [3.05, 3.63) is 35.9 Å². The Labute approximate surface area is 112 Å². The van der Waals surface area contributed by atoms with Crippen LogP contribution in [0.25, 0.3) is 0 Å². The molecule has 5 heteroatoms. The van der Waals surface area contributed by atoms with Crippen LogP contribution >= 0.6 is 0 Å². The van der Waals surface area contributed by atoms with Gasteiger partial charge in [-0.15, -0.1) is 0 Å². The number of primary amides is 1. The quantitative estimate of drug-likeness (QED) is 0.708. The molecule has 0 bridgehead atoms. The Balaban J connectivity index is 2.24. The Kier molecular flexibility index (Phi) is 4.16. The first-order valence-electron chi connectivity index (χ1n) is 6.48. The van der Waals surface area contributed by atoms with E-state index in [1.54, 1.807) is 0 Å². The van der Waals surface area contributed by atoms with Gasteiger partial charge in [-0.1, -0.05) is 30.3 Å². The highest BCUT2D eigenvalue weighted by atomic mass is 16.2. The lowest BCUT2D eigenvalue weighted by Gasteiger charge is -2.36. The molecule has 1 heterocycles. The number of hydrogen-bond acceptors (Lipinski definition) is 3. The van der Waals surface area contributed by atoms with Gasteiger partial charge in [-0.2, -0.15) is 0 Å². The van der Waals surface area contributed by atoms with Crippen molar-refractivity contribution in [1.82, 2.24) is 10.6 Å². The molecular formula is C14H19N3O2. The molecule has 0 aromatic heterocycles. The van der Waals surface area contributed by atoms with Gasteiger partial charge in [-0.05, 0) is 31.5 Å². The second-order valence-electron chi connectivity index (χ2n) is 4.85. The average Bonchev–Trinajstić information content (AvgIpc) is 2.46. The van der Waals surface area contributed by atoms with E-state index in [-0.39, 0.29) is 12.5 Å². The largest absolute Gasteiger partial charge is 0.368 e.